The third-order valence-corrected chi connectivity index (χ3v) is 3.31. The maximum atomic E-state index is 2.44. The van der Waals surface area contributed by atoms with E-state index in [0.717, 1.165) is 11.6 Å². The summed E-state index contributed by atoms with van der Waals surface area (Å²) in [6, 6.07) is 0. The lowest BCUT2D eigenvalue weighted by atomic mass is 9.40. The van der Waals surface area contributed by atoms with Crippen LogP contribution in [0.2, 0.25) is 11.6 Å². The van der Waals surface area contributed by atoms with Crippen LogP contribution >= 0.6 is 0 Å². The largest absolute Gasteiger partial charge is 0.104 e. The highest BCUT2D eigenvalue weighted by Gasteiger charge is 2.16. The van der Waals surface area contributed by atoms with Gasteiger partial charge in [0.25, 0.3) is 0 Å². The first kappa shape index (κ1) is 9.28. The summed E-state index contributed by atoms with van der Waals surface area (Å²) in [6.45, 7) is 0. The van der Waals surface area contributed by atoms with Crippen LogP contribution in [0.5, 0.6) is 0 Å². The highest BCUT2D eigenvalue weighted by atomic mass is 14.1. The van der Waals surface area contributed by atoms with E-state index in [-0.39, 0.29) is 0 Å². The molecule has 3 heteroatoms. The average Bonchev–Trinajstić information content (AvgIpc) is 1.98. The van der Waals surface area contributed by atoms with Crippen LogP contribution in [0.4, 0.5) is 0 Å². The molecule has 0 aromatic heterocycles. The summed E-state index contributed by atoms with van der Waals surface area (Å²) in [4.78, 5) is 0. The molecular formula is C8H19B3. The van der Waals surface area contributed by atoms with E-state index < -0.39 is 0 Å². The molecule has 0 aromatic rings. The lowest BCUT2D eigenvalue weighted by molar-refractivity contribution is 0.503. The predicted molar refractivity (Wildman–Crippen MR) is 59.4 cm³/mol. The first-order chi connectivity index (χ1) is 5.34. The fraction of sp³-hybridized carbons (Fsp3) is 1.00. The van der Waals surface area contributed by atoms with Crippen molar-refractivity contribution in [3.05, 3.63) is 0 Å². The molecule has 1 aliphatic carbocycles. The van der Waals surface area contributed by atoms with Gasteiger partial charge in [-0.3, -0.25) is 0 Å². The summed E-state index contributed by atoms with van der Waals surface area (Å²) in [5.41, 5.74) is 0. The topological polar surface area (TPSA) is 0 Å². The lowest BCUT2D eigenvalue weighted by Gasteiger charge is -2.24. The fourth-order valence-electron chi connectivity index (χ4n) is 2.35. The van der Waals surface area contributed by atoms with Gasteiger partial charge in [0.2, 0.25) is 0 Å². The zero-order valence-corrected chi connectivity index (χ0v) is 8.10. The highest BCUT2D eigenvalue weighted by Crippen LogP contribution is 2.33. The van der Waals surface area contributed by atoms with E-state index in [1.54, 1.807) is 0 Å². The van der Waals surface area contributed by atoms with Crippen LogP contribution in [0, 0.1) is 0 Å². The van der Waals surface area contributed by atoms with Gasteiger partial charge >= 0.3 is 0 Å². The Balaban J connectivity index is 2.33. The smallest absolute Gasteiger partial charge is 0.0779 e. The molecule has 0 heterocycles. The van der Waals surface area contributed by atoms with Crippen molar-refractivity contribution in [1.29, 1.82) is 0 Å². The number of hydrogen-bond acceptors (Lipinski definition) is 0. The minimum absolute atomic E-state index is 1.00. The van der Waals surface area contributed by atoms with Crippen LogP contribution in [-0.4, -0.2) is 22.8 Å². The van der Waals surface area contributed by atoms with Crippen molar-refractivity contribution in [2.45, 2.75) is 50.2 Å². The van der Waals surface area contributed by atoms with Gasteiger partial charge in [0.05, 0.1) is 14.9 Å². The molecule has 1 aliphatic rings. The van der Waals surface area contributed by atoms with Crippen molar-refractivity contribution in [2.75, 3.05) is 0 Å². The van der Waals surface area contributed by atoms with Gasteiger partial charge < -0.3 is 0 Å². The van der Waals surface area contributed by atoms with Crippen molar-refractivity contribution in [1.82, 2.24) is 0 Å². The molecule has 2 unspecified atom stereocenters. The monoisotopic (exact) mass is 148 g/mol. The molecule has 0 nitrogen and oxygen atoms in total. The first-order valence-electron chi connectivity index (χ1n) is 5.34. The molecule has 1 saturated carbocycles. The van der Waals surface area contributed by atoms with E-state index in [1.807, 2.05) is 0 Å². The van der Waals surface area contributed by atoms with Gasteiger partial charge in [-0.2, -0.15) is 0 Å². The van der Waals surface area contributed by atoms with Crippen LogP contribution in [0.15, 0.2) is 0 Å². The van der Waals surface area contributed by atoms with Gasteiger partial charge in [-0.25, -0.2) is 0 Å². The third kappa shape index (κ3) is 2.97. The molecule has 1 fully saturated rings. The van der Waals surface area contributed by atoms with E-state index in [4.69, 9.17) is 0 Å². The lowest BCUT2D eigenvalue weighted by Crippen LogP contribution is -2.13. The standard InChI is InChI=1S/C8H19B3/c9-7-5-3-1-2-4-6-8(7)11-10/h7-8,11H,1-6,9-10H2. The minimum Gasteiger partial charge on any atom is -0.0779 e. The fourth-order valence-corrected chi connectivity index (χ4v) is 2.35. The molecule has 2 atom stereocenters. The maximum absolute atomic E-state index is 2.44. The SMILES string of the molecule is BBC1CCCCCCC1B. The van der Waals surface area contributed by atoms with Gasteiger partial charge in [0, 0.05) is 0 Å². The molecule has 0 amide bonds. The Kier molecular flexibility index (Phi) is 4.18. The van der Waals surface area contributed by atoms with Crippen molar-refractivity contribution in [2.24, 2.45) is 0 Å². The van der Waals surface area contributed by atoms with Crippen molar-refractivity contribution < 1.29 is 0 Å². The van der Waals surface area contributed by atoms with Gasteiger partial charge in [-0.15, -0.1) is 0 Å². The maximum Gasteiger partial charge on any atom is 0.104 e. The zero-order valence-electron chi connectivity index (χ0n) is 8.10. The van der Waals surface area contributed by atoms with E-state index in [0.29, 0.717) is 0 Å². The second kappa shape index (κ2) is 4.95. The second-order valence-corrected chi connectivity index (χ2v) is 4.14. The molecule has 0 N–H and O–H groups in total. The Hall–Kier alpha value is 0.195. The van der Waals surface area contributed by atoms with Crippen molar-refractivity contribution in [3.63, 3.8) is 0 Å². The molecule has 0 bridgehead atoms. The van der Waals surface area contributed by atoms with Gasteiger partial charge in [0.1, 0.15) is 7.85 Å². The summed E-state index contributed by atoms with van der Waals surface area (Å²) >= 11 is 0. The van der Waals surface area contributed by atoms with Crippen LogP contribution in [-0.2, 0) is 0 Å². The molecule has 0 spiro atoms. The number of rotatable bonds is 1. The van der Waals surface area contributed by atoms with Gasteiger partial charge in [-0.05, 0) is 0 Å². The third-order valence-electron chi connectivity index (χ3n) is 3.31. The zero-order chi connectivity index (χ0) is 8.10. The van der Waals surface area contributed by atoms with E-state index >= 15 is 0 Å². The van der Waals surface area contributed by atoms with Gasteiger partial charge in [-0.1, -0.05) is 50.2 Å². The van der Waals surface area contributed by atoms with Crippen LogP contribution in [0.25, 0.3) is 0 Å². The number of hydrogen-bond donors (Lipinski definition) is 0. The Labute approximate surface area is 73.6 Å². The quantitative estimate of drug-likeness (QED) is 0.475. The second-order valence-electron chi connectivity index (χ2n) is 4.14. The molecular weight excluding hydrogens is 129 g/mol. The van der Waals surface area contributed by atoms with Gasteiger partial charge in [0.15, 0.2) is 0 Å². The van der Waals surface area contributed by atoms with Crippen molar-refractivity contribution in [3.8, 4) is 0 Å². The normalized spacial score (nSPS) is 33.8. The molecule has 0 radical (unpaired) electrons. The molecule has 60 valence electrons. The summed E-state index contributed by atoms with van der Waals surface area (Å²) in [7, 11) is 6.20. The van der Waals surface area contributed by atoms with Crippen LogP contribution < -0.4 is 0 Å². The molecule has 0 saturated heterocycles. The summed E-state index contributed by atoms with van der Waals surface area (Å²) in [5, 5.41) is 0. The summed E-state index contributed by atoms with van der Waals surface area (Å²) < 4.78 is 0. The highest BCUT2D eigenvalue weighted by molar-refractivity contribution is 6.90. The molecule has 0 aromatic carbocycles. The average molecular weight is 148 g/mol. The van der Waals surface area contributed by atoms with Crippen LogP contribution in [0.1, 0.15) is 38.5 Å². The predicted octanol–water partition coefficient (Wildman–Crippen LogP) is 0.535. The van der Waals surface area contributed by atoms with Crippen LogP contribution in [0.3, 0.4) is 0 Å². The van der Waals surface area contributed by atoms with Crippen molar-refractivity contribution >= 4 is 22.8 Å². The Morgan fingerprint density at radius 1 is 1.00 bits per heavy atom. The summed E-state index contributed by atoms with van der Waals surface area (Å²) in [5.74, 6) is 2.04. The Morgan fingerprint density at radius 3 is 2.27 bits per heavy atom. The minimum atomic E-state index is 1.00. The molecule has 11 heavy (non-hydrogen) atoms. The first-order valence-corrected chi connectivity index (χ1v) is 5.34. The molecule has 0 aliphatic heterocycles. The Morgan fingerprint density at radius 2 is 1.64 bits per heavy atom. The van der Waals surface area contributed by atoms with E-state index in [2.05, 4.69) is 15.6 Å². The Bertz CT molecular complexity index is 106. The van der Waals surface area contributed by atoms with E-state index in [1.165, 1.54) is 45.7 Å². The summed E-state index contributed by atoms with van der Waals surface area (Å²) in [6.07, 6.45) is 8.93. The van der Waals surface area contributed by atoms with E-state index in [9.17, 15) is 0 Å². The molecule has 1 rings (SSSR count).